The molecule has 4 rings (SSSR count). The van der Waals surface area contributed by atoms with Crippen LogP contribution in [0.3, 0.4) is 0 Å². The van der Waals surface area contributed by atoms with Crippen molar-refractivity contribution in [2.75, 3.05) is 41.8 Å². The molecular weight excluding hydrogens is 376 g/mol. The highest BCUT2D eigenvalue weighted by molar-refractivity contribution is 6.30. The predicted molar refractivity (Wildman–Crippen MR) is 112 cm³/mol. The van der Waals surface area contributed by atoms with Gasteiger partial charge in [0, 0.05) is 29.5 Å². The van der Waals surface area contributed by atoms with Gasteiger partial charge in [0.25, 0.3) is 0 Å². The summed E-state index contributed by atoms with van der Waals surface area (Å²) in [4.78, 5) is 15.8. The quantitative estimate of drug-likeness (QED) is 0.670. The fraction of sp³-hybridized carbons (Fsp3) is 0.250. The number of aryl methyl sites for hydroxylation is 1. The molecule has 0 spiro atoms. The van der Waals surface area contributed by atoms with E-state index in [9.17, 15) is 0 Å². The minimum absolute atomic E-state index is 0.452. The summed E-state index contributed by atoms with van der Waals surface area (Å²) in [6.07, 6.45) is 0. The van der Waals surface area contributed by atoms with E-state index in [2.05, 4.69) is 37.4 Å². The molecule has 1 aliphatic heterocycles. The summed E-state index contributed by atoms with van der Waals surface area (Å²) in [5, 5.41) is 7.12. The average Bonchev–Trinajstić information content (AvgIpc) is 2.70. The van der Waals surface area contributed by atoms with Crippen LogP contribution in [-0.2, 0) is 4.74 Å². The van der Waals surface area contributed by atoms with Crippen molar-refractivity contribution in [3.63, 3.8) is 0 Å². The minimum atomic E-state index is 0.452. The van der Waals surface area contributed by atoms with Gasteiger partial charge in [-0.1, -0.05) is 35.4 Å². The van der Waals surface area contributed by atoms with Crippen LogP contribution < -0.4 is 15.5 Å². The van der Waals surface area contributed by atoms with Crippen LogP contribution >= 0.6 is 11.6 Å². The highest BCUT2D eigenvalue weighted by Gasteiger charge is 2.17. The molecule has 1 fully saturated rings. The molecule has 0 atom stereocenters. The summed E-state index contributed by atoms with van der Waals surface area (Å²) in [7, 11) is 0. The number of benzene rings is 2. The van der Waals surface area contributed by atoms with Gasteiger partial charge >= 0.3 is 0 Å². The van der Waals surface area contributed by atoms with Gasteiger partial charge in [0.1, 0.15) is 0 Å². The number of nitrogens with one attached hydrogen (secondary N) is 2. The normalized spacial score (nSPS) is 14.0. The zero-order chi connectivity index (χ0) is 19.3. The van der Waals surface area contributed by atoms with Crippen LogP contribution in [0, 0.1) is 6.92 Å². The molecule has 7 nitrogen and oxygen atoms in total. The van der Waals surface area contributed by atoms with Gasteiger partial charge in [-0.05, 0) is 37.3 Å². The molecule has 0 amide bonds. The predicted octanol–water partition coefficient (Wildman–Crippen LogP) is 4.16. The Morgan fingerprint density at radius 1 is 0.893 bits per heavy atom. The number of rotatable bonds is 5. The first kappa shape index (κ1) is 18.5. The fourth-order valence-electron chi connectivity index (χ4n) is 2.84. The Hall–Kier alpha value is -2.90. The molecule has 28 heavy (non-hydrogen) atoms. The summed E-state index contributed by atoms with van der Waals surface area (Å²) in [5.41, 5.74) is 2.92. The largest absolute Gasteiger partial charge is 0.378 e. The van der Waals surface area contributed by atoms with Gasteiger partial charge in [-0.25, -0.2) is 0 Å². The molecular formula is C20H21ClN6O. The average molecular weight is 397 g/mol. The van der Waals surface area contributed by atoms with E-state index in [-0.39, 0.29) is 0 Å². The van der Waals surface area contributed by atoms with E-state index >= 15 is 0 Å². The smallest absolute Gasteiger partial charge is 0.233 e. The number of morpholine rings is 1. The van der Waals surface area contributed by atoms with E-state index in [0.29, 0.717) is 36.1 Å². The Balaban J connectivity index is 1.64. The summed E-state index contributed by atoms with van der Waals surface area (Å²) < 4.78 is 5.44. The molecule has 0 bridgehead atoms. The Morgan fingerprint density at radius 3 is 2.25 bits per heavy atom. The van der Waals surface area contributed by atoms with Crippen molar-refractivity contribution in [1.29, 1.82) is 0 Å². The van der Waals surface area contributed by atoms with Gasteiger partial charge in [-0.15, -0.1) is 0 Å². The molecule has 0 aliphatic carbocycles. The first-order valence-corrected chi connectivity index (χ1v) is 9.48. The molecule has 1 aliphatic rings. The summed E-state index contributed by atoms with van der Waals surface area (Å²) >= 11 is 6.09. The van der Waals surface area contributed by atoms with Gasteiger partial charge in [-0.2, -0.15) is 15.0 Å². The van der Waals surface area contributed by atoms with Gasteiger partial charge in [-0.3, -0.25) is 0 Å². The maximum Gasteiger partial charge on any atom is 0.233 e. The maximum absolute atomic E-state index is 6.09. The van der Waals surface area contributed by atoms with Crippen LogP contribution in [0.2, 0.25) is 5.02 Å². The van der Waals surface area contributed by atoms with Crippen molar-refractivity contribution in [1.82, 2.24) is 15.0 Å². The standard InChI is InChI=1S/C20H21ClN6O/c1-14-5-7-16(8-6-14)22-18-24-19(23-17-4-2-3-15(21)13-17)26-20(25-18)27-9-11-28-12-10-27/h2-8,13H,9-12H2,1H3,(H2,22,23,24,25,26). The molecule has 1 aromatic heterocycles. The highest BCUT2D eigenvalue weighted by Crippen LogP contribution is 2.22. The zero-order valence-corrected chi connectivity index (χ0v) is 16.3. The van der Waals surface area contributed by atoms with Crippen molar-refractivity contribution in [2.24, 2.45) is 0 Å². The lowest BCUT2D eigenvalue weighted by Gasteiger charge is -2.27. The van der Waals surface area contributed by atoms with Gasteiger partial charge in [0.2, 0.25) is 17.8 Å². The van der Waals surface area contributed by atoms with Crippen molar-refractivity contribution in [3.05, 3.63) is 59.1 Å². The van der Waals surface area contributed by atoms with Crippen LogP contribution in [-0.4, -0.2) is 41.3 Å². The van der Waals surface area contributed by atoms with E-state index in [1.165, 1.54) is 5.56 Å². The molecule has 144 valence electrons. The number of aromatic nitrogens is 3. The Bertz CT molecular complexity index is 944. The molecule has 2 N–H and O–H groups in total. The Morgan fingerprint density at radius 2 is 1.57 bits per heavy atom. The van der Waals surface area contributed by atoms with E-state index in [1.807, 2.05) is 48.5 Å². The lowest BCUT2D eigenvalue weighted by atomic mass is 10.2. The van der Waals surface area contributed by atoms with Crippen molar-refractivity contribution in [2.45, 2.75) is 6.92 Å². The van der Waals surface area contributed by atoms with E-state index in [0.717, 1.165) is 24.5 Å². The van der Waals surface area contributed by atoms with Crippen molar-refractivity contribution in [3.8, 4) is 0 Å². The lowest BCUT2D eigenvalue weighted by Crippen LogP contribution is -2.37. The van der Waals surface area contributed by atoms with Crippen LogP contribution in [0.1, 0.15) is 5.56 Å². The van der Waals surface area contributed by atoms with E-state index in [1.54, 1.807) is 0 Å². The summed E-state index contributed by atoms with van der Waals surface area (Å²) in [5.74, 6) is 1.54. The third kappa shape index (κ3) is 4.68. The van der Waals surface area contributed by atoms with Crippen LogP contribution in [0.4, 0.5) is 29.2 Å². The Kier molecular flexibility index (Phi) is 5.55. The monoisotopic (exact) mass is 396 g/mol. The van der Waals surface area contributed by atoms with Gasteiger partial charge in [0.15, 0.2) is 0 Å². The number of hydrogen-bond donors (Lipinski definition) is 2. The second kappa shape index (κ2) is 8.41. The van der Waals surface area contributed by atoms with Crippen molar-refractivity contribution < 1.29 is 4.74 Å². The first-order valence-electron chi connectivity index (χ1n) is 9.11. The number of halogens is 1. The van der Waals surface area contributed by atoms with Gasteiger partial charge < -0.3 is 20.3 Å². The molecule has 0 radical (unpaired) electrons. The van der Waals surface area contributed by atoms with Crippen LogP contribution in [0.15, 0.2) is 48.5 Å². The molecule has 2 heterocycles. The van der Waals surface area contributed by atoms with Crippen LogP contribution in [0.25, 0.3) is 0 Å². The molecule has 1 saturated heterocycles. The third-order valence-corrected chi connectivity index (χ3v) is 4.54. The second-order valence-electron chi connectivity index (χ2n) is 6.51. The number of nitrogens with zero attached hydrogens (tertiary/aromatic N) is 4. The fourth-order valence-corrected chi connectivity index (χ4v) is 3.03. The Labute approximate surface area is 168 Å². The van der Waals surface area contributed by atoms with Gasteiger partial charge in [0.05, 0.1) is 13.2 Å². The SMILES string of the molecule is Cc1ccc(Nc2nc(Nc3cccc(Cl)c3)nc(N3CCOCC3)n2)cc1. The molecule has 3 aromatic rings. The van der Waals surface area contributed by atoms with E-state index < -0.39 is 0 Å². The molecule has 0 unspecified atom stereocenters. The van der Waals surface area contributed by atoms with Crippen LogP contribution in [0.5, 0.6) is 0 Å². The van der Waals surface area contributed by atoms with Crippen molar-refractivity contribution >= 4 is 40.8 Å². The topological polar surface area (TPSA) is 75.2 Å². The minimum Gasteiger partial charge on any atom is -0.378 e. The lowest BCUT2D eigenvalue weighted by molar-refractivity contribution is 0.122. The zero-order valence-electron chi connectivity index (χ0n) is 15.5. The van der Waals surface area contributed by atoms with E-state index in [4.69, 9.17) is 16.3 Å². The number of anilines is 5. The first-order chi connectivity index (χ1) is 13.7. The molecule has 8 heteroatoms. The second-order valence-corrected chi connectivity index (χ2v) is 6.94. The third-order valence-electron chi connectivity index (χ3n) is 4.31. The molecule has 2 aromatic carbocycles. The number of hydrogen-bond acceptors (Lipinski definition) is 7. The number of ether oxygens (including phenoxy) is 1. The highest BCUT2D eigenvalue weighted by atomic mass is 35.5. The summed E-state index contributed by atoms with van der Waals surface area (Å²) in [6.45, 7) is 4.85. The maximum atomic E-state index is 6.09. The summed E-state index contributed by atoms with van der Waals surface area (Å²) in [6, 6.07) is 15.5. The molecule has 0 saturated carbocycles.